The maximum atomic E-state index is 14.8. The second kappa shape index (κ2) is 13.0. The summed E-state index contributed by atoms with van der Waals surface area (Å²) in [7, 11) is -3.89. The number of benzene rings is 8. The average molecular weight is 790 g/mol. The number of para-hydroxylation sites is 4. The third-order valence-corrected chi connectivity index (χ3v) is 14.2. The van der Waals surface area contributed by atoms with Crippen molar-refractivity contribution in [1.82, 2.24) is 4.98 Å². The Labute approximate surface area is 349 Å². The van der Waals surface area contributed by atoms with Gasteiger partial charge in [-0.05, 0) is 93.5 Å². The van der Waals surface area contributed by atoms with Gasteiger partial charge in [0, 0.05) is 16.8 Å². The fourth-order valence-corrected chi connectivity index (χ4v) is 11.6. The van der Waals surface area contributed by atoms with Crippen molar-refractivity contribution in [3.63, 3.8) is 0 Å². The van der Waals surface area contributed by atoms with Crippen LogP contribution in [0.5, 0.6) is 0 Å². The molecule has 284 valence electrons. The number of nitrogens with zero attached hydrogens (tertiary/aromatic N) is 3. The first kappa shape index (κ1) is 34.5. The van der Waals surface area contributed by atoms with E-state index in [1.54, 1.807) is 12.1 Å². The molecule has 12 rings (SSSR count). The largest absolute Gasteiger partial charge is 0.307 e. The molecule has 0 saturated heterocycles. The first-order chi connectivity index (χ1) is 29.5. The Morgan fingerprint density at radius 2 is 0.967 bits per heavy atom. The molecule has 0 fully saturated rings. The molecule has 0 atom stereocenters. The molecular weight excluding hydrogens is 755 g/mol. The summed E-state index contributed by atoms with van der Waals surface area (Å²) in [5.41, 5.74) is 13.8. The van der Waals surface area contributed by atoms with E-state index in [2.05, 4.69) is 161 Å². The van der Waals surface area contributed by atoms with E-state index in [0.717, 1.165) is 78.6 Å². The van der Waals surface area contributed by atoms with Crippen LogP contribution in [-0.2, 0) is 15.3 Å². The lowest BCUT2D eigenvalue weighted by molar-refractivity contribution is 0.595. The number of fused-ring (bicyclic) bond motifs is 12. The Morgan fingerprint density at radius 1 is 0.417 bits per heavy atom. The first-order valence-electron chi connectivity index (χ1n) is 20.1. The molecule has 3 heterocycles. The summed E-state index contributed by atoms with van der Waals surface area (Å²) in [6, 6.07) is 72.5. The van der Waals surface area contributed by atoms with Crippen LogP contribution in [0.1, 0.15) is 22.3 Å². The molecule has 0 saturated carbocycles. The minimum absolute atomic E-state index is 0.296. The van der Waals surface area contributed by atoms with Crippen molar-refractivity contribution in [1.29, 1.82) is 0 Å². The van der Waals surface area contributed by atoms with E-state index in [4.69, 9.17) is 4.98 Å². The molecule has 6 heteroatoms. The van der Waals surface area contributed by atoms with Crippen LogP contribution in [0.2, 0.25) is 0 Å². The van der Waals surface area contributed by atoms with E-state index < -0.39 is 15.3 Å². The second-order valence-electron chi connectivity index (χ2n) is 15.5. The normalized spacial score (nSPS) is 14.7. The van der Waals surface area contributed by atoms with Crippen LogP contribution in [-0.4, -0.2) is 13.4 Å². The molecule has 8 aromatic carbocycles. The van der Waals surface area contributed by atoms with Crippen molar-refractivity contribution < 1.29 is 8.42 Å². The van der Waals surface area contributed by atoms with Crippen LogP contribution in [0, 0.1) is 0 Å². The molecule has 1 aromatic heterocycles. The Kier molecular flexibility index (Phi) is 7.46. The third-order valence-electron chi connectivity index (χ3n) is 12.4. The summed E-state index contributed by atoms with van der Waals surface area (Å²) in [5, 5.41) is 0. The lowest BCUT2D eigenvalue weighted by Gasteiger charge is -2.45. The van der Waals surface area contributed by atoms with Gasteiger partial charge in [-0.3, -0.25) is 4.90 Å². The smallest absolute Gasteiger partial charge is 0.210 e. The van der Waals surface area contributed by atoms with Crippen LogP contribution in [0.15, 0.2) is 222 Å². The predicted octanol–water partition coefficient (Wildman–Crippen LogP) is 13.2. The monoisotopic (exact) mass is 789 g/mol. The SMILES string of the molecule is O=S1(=O)c2ccccc2N(c2ccccc2)c2c1ccc1c2-c2ccccc2C12c1ccccc1N(c1cc(-c3ccccc3)cc(-c3ccccc3)n1)c1ccccc12. The van der Waals surface area contributed by atoms with E-state index in [1.807, 2.05) is 48.5 Å². The average Bonchev–Trinajstić information content (AvgIpc) is 3.61. The molecular formula is C54H35N3O2S. The Bertz CT molecular complexity index is 3190. The first-order valence-corrected chi connectivity index (χ1v) is 21.6. The predicted molar refractivity (Wildman–Crippen MR) is 241 cm³/mol. The maximum Gasteiger partial charge on any atom is 0.210 e. The van der Waals surface area contributed by atoms with Gasteiger partial charge in [0.25, 0.3) is 0 Å². The molecule has 0 bridgehead atoms. The molecule has 3 aliphatic rings. The molecule has 0 radical (unpaired) electrons. The lowest BCUT2D eigenvalue weighted by atomic mass is 9.64. The van der Waals surface area contributed by atoms with Crippen molar-refractivity contribution >= 4 is 44.1 Å². The second-order valence-corrected chi connectivity index (χ2v) is 17.4. The lowest BCUT2D eigenvalue weighted by Crippen LogP contribution is -2.36. The fraction of sp³-hybridized carbons (Fsp3) is 0.0185. The van der Waals surface area contributed by atoms with Crippen LogP contribution >= 0.6 is 0 Å². The number of anilines is 6. The van der Waals surface area contributed by atoms with E-state index in [-0.39, 0.29) is 0 Å². The Balaban J connectivity index is 1.17. The Hall–Kier alpha value is -7.54. The van der Waals surface area contributed by atoms with Crippen molar-refractivity contribution in [3.8, 4) is 33.5 Å². The van der Waals surface area contributed by atoms with Crippen LogP contribution in [0.4, 0.5) is 34.3 Å². The highest BCUT2D eigenvalue weighted by atomic mass is 32.2. The summed E-state index contributed by atoms with van der Waals surface area (Å²) in [6.45, 7) is 0. The molecule has 9 aromatic rings. The minimum atomic E-state index is -3.89. The molecule has 1 spiro atoms. The van der Waals surface area contributed by atoms with E-state index in [1.165, 1.54) is 0 Å². The highest BCUT2D eigenvalue weighted by molar-refractivity contribution is 7.92. The van der Waals surface area contributed by atoms with Gasteiger partial charge in [0.2, 0.25) is 9.84 Å². The van der Waals surface area contributed by atoms with Crippen molar-refractivity contribution in [2.45, 2.75) is 15.2 Å². The van der Waals surface area contributed by atoms with Gasteiger partial charge in [-0.2, -0.15) is 0 Å². The van der Waals surface area contributed by atoms with Crippen molar-refractivity contribution in [2.24, 2.45) is 0 Å². The zero-order valence-corrected chi connectivity index (χ0v) is 33.1. The maximum absolute atomic E-state index is 14.8. The summed E-state index contributed by atoms with van der Waals surface area (Å²) < 4.78 is 29.5. The number of pyridine rings is 1. The number of rotatable bonds is 4. The van der Waals surface area contributed by atoms with Crippen LogP contribution in [0.3, 0.4) is 0 Å². The number of aromatic nitrogens is 1. The summed E-state index contributed by atoms with van der Waals surface area (Å²) in [6.07, 6.45) is 0. The molecule has 60 heavy (non-hydrogen) atoms. The van der Waals surface area contributed by atoms with Crippen molar-refractivity contribution in [2.75, 3.05) is 9.80 Å². The van der Waals surface area contributed by atoms with E-state index in [0.29, 0.717) is 21.2 Å². The minimum Gasteiger partial charge on any atom is -0.307 e. The molecule has 2 aliphatic heterocycles. The molecule has 0 unspecified atom stereocenters. The summed E-state index contributed by atoms with van der Waals surface area (Å²) >= 11 is 0. The molecule has 0 N–H and O–H groups in total. The zero-order valence-electron chi connectivity index (χ0n) is 32.3. The standard InChI is InChI=1S/C54H35N3O2S/c58-60(59)49-31-17-16-30-48(49)56(39-22-8-3-9-23-39)53-50(60)33-32-44-52(53)40-24-10-11-25-41(40)54(44)42-26-12-14-28-46(42)57(47-29-15-13-27-43(47)54)51-35-38(36-18-4-1-5-19-36)34-45(55-51)37-20-6-2-7-21-37/h1-35H. The highest BCUT2D eigenvalue weighted by Crippen LogP contribution is 2.66. The van der Waals surface area contributed by atoms with Crippen LogP contribution in [0.25, 0.3) is 33.5 Å². The van der Waals surface area contributed by atoms with E-state index >= 15 is 0 Å². The molecule has 0 amide bonds. The summed E-state index contributed by atoms with van der Waals surface area (Å²) in [4.78, 5) is 10.5. The third kappa shape index (κ3) is 4.74. The quantitative estimate of drug-likeness (QED) is 0.178. The van der Waals surface area contributed by atoms with Gasteiger partial charge in [-0.15, -0.1) is 0 Å². The van der Waals surface area contributed by atoms with Gasteiger partial charge in [0.05, 0.1) is 43.6 Å². The number of hydrogen-bond acceptors (Lipinski definition) is 5. The molecule has 5 nitrogen and oxygen atoms in total. The number of sulfone groups is 1. The Morgan fingerprint density at radius 3 is 1.65 bits per heavy atom. The van der Waals surface area contributed by atoms with Crippen LogP contribution < -0.4 is 9.80 Å². The fourth-order valence-electron chi connectivity index (χ4n) is 9.98. The summed E-state index contributed by atoms with van der Waals surface area (Å²) in [5.74, 6) is 0.805. The van der Waals surface area contributed by atoms with Gasteiger partial charge >= 0.3 is 0 Å². The zero-order chi connectivity index (χ0) is 40.0. The molecule has 1 aliphatic carbocycles. The topological polar surface area (TPSA) is 53.5 Å². The van der Waals surface area contributed by atoms with Gasteiger partial charge in [-0.1, -0.05) is 158 Å². The van der Waals surface area contributed by atoms with Gasteiger partial charge in [0.15, 0.2) is 0 Å². The van der Waals surface area contributed by atoms with Gasteiger partial charge in [0.1, 0.15) is 5.82 Å². The highest BCUT2D eigenvalue weighted by Gasteiger charge is 2.54. The van der Waals surface area contributed by atoms with Crippen molar-refractivity contribution in [3.05, 3.63) is 235 Å². The van der Waals surface area contributed by atoms with Gasteiger partial charge < -0.3 is 4.90 Å². The van der Waals surface area contributed by atoms with E-state index in [9.17, 15) is 8.42 Å². The van der Waals surface area contributed by atoms with Gasteiger partial charge in [-0.25, -0.2) is 13.4 Å². The number of hydrogen-bond donors (Lipinski definition) is 0.